The summed E-state index contributed by atoms with van der Waals surface area (Å²) in [6, 6.07) is 0. The van der Waals surface area contributed by atoms with Gasteiger partial charge in [0.1, 0.15) is 0 Å². The van der Waals surface area contributed by atoms with Crippen molar-refractivity contribution in [2.75, 3.05) is 7.11 Å². The molecule has 0 bridgehead atoms. The van der Waals surface area contributed by atoms with Crippen LogP contribution in [0.3, 0.4) is 0 Å². The largest absolute Gasteiger partial charge is 0.481 e. The van der Waals surface area contributed by atoms with E-state index in [9.17, 15) is 9.59 Å². The van der Waals surface area contributed by atoms with Crippen molar-refractivity contribution in [2.24, 2.45) is 0 Å². The van der Waals surface area contributed by atoms with E-state index < -0.39 is 5.97 Å². The Balaban J connectivity index is 0. The van der Waals surface area contributed by atoms with Crippen LogP contribution in [0.1, 0.15) is 168 Å². The van der Waals surface area contributed by atoms with Gasteiger partial charge in [0.2, 0.25) is 0 Å². The van der Waals surface area contributed by atoms with Crippen LogP contribution in [-0.4, -0.2) is 24.2 Å². The molecule has 0 aliphatic rings. The van der Waals surface area contributed by atoms with Crippen LogP contribution in [0.15, 0.2) is 0 Å². The summed E-state index contributed by atoms with van der Waals surface area (Å²) >= 11 is 0. The van der Waals surface area contributed by atoms with E-state index in [0.29, 0.717) is 12.8 Å². The van der Waals surface area contributed by atoms with E-state index in [1.807, 2.05) is 0 Å². The first kappa shape index (κ1) is 34.1. The van der Waals surface area contributed by atoms with Crippen LogP contribution >= 0.6 is 0 Å². The summed E-state index contributed by atoms with van der Waals surface area (Å²) in [5.74, 6) is -0.728. The van der Waals surface area contributed by atoms with Gasteiger partial charge in [-0.3, -0.25) is 9.59 Å². The second-order valence-corrected chi connectivity index (χ2v) is 9.54. The Morgan fingerprint density at radius 2 is 0.758 bits per heavy atom. The molecule has 0 heterocycles. The Bertz CT molecular complexity index is 395. The fourth-order valence-corrected chi connectivity index (χ4v) is 3.98. The molecule has 33 heavy (non-hydrogen) atoms. The molecule has 4 nitrogen and oxygen atoms in total. The van der Waals surface area contributed by atoms with E-state index in [1.165, 1.54) is 129 Å². The maximum Gasteiger partial charge on any atom is 0.305 e. The summed E-state index contributed by atoms with van der Waals surface area (Å²) < 4.78 is 4.56. The van der Waals surface area contributed by atoms with Crippen molar-refractivity contribution < 1.29 is 19.4 Å². The Morgan fingerprint density at radius 3 is 1.03 bits per heavy atom. The first-order chi connectivity index (χ1) is 16.1. The van der Waals surface area contributed by atoms with E-state index in [2.05, 4.69) is 18.6 Å². The first-order valence-electron chi connectivity index (χ1n) is 14.4. The van der Waals surface area contributed by atoms with Crippen molar-refractivity contribution >= 4 is 11.9 Å². The average Bonchev–Trinajstić information content (AvgIpc) is 2.81. The van der Waals surface area contributed by atoms with E-state index >= 15 is 0 Å². The predicted octanol–water partition coefficient (Wildman–Crippen LogP) is 9.63. The van der Waals surface area contributed by atoms with Crippen molar-refractivity contribution in [3.05, 3.63) is 0 Å². The van der Waals surface area contributed by atoms with Gasteiger partial charge < -0.3 is 9.84 Å². The lowest BCUT2D eigenvalue weighted by Gasteiger charge is -2.03. The van der Waals surface area contributed by atoms with Gasteiger partial charge in [-0.2, -0.15) is 0 Å². The Morgan fingerprint density at radius 1 is 0.485 bits per heavy atom. The average molecular weight is 471 g/mol. The van der Waals surface area contributed by atoms with Gasteiger partial charge in [0, 0.05) is 12.8 Å². The number of esters is 1. The van der Waals surface area contributed by atoms with Crippen LogP contribution in [0.4, 0.5) is 0 Å². The number of carboxylic acids is 1. The number of rotatable bonds is 24. The first-order valence-corrected chi connectivity index (χ1v) is 14.4. The fraction of sp³-hybridized carbons (Fsp3) is 0.931. The lowest BCUT2D eigenvalue weighted by Crippen LogP contribution is -1.99. The molecule has 0 aromatic carbocycles. The molecule has 1 N–H and O–H groups in total. The van der Waals surface area contributed by atoms with E-state index in [4.69, 9.17) is 5.11 Å². The molecule has 0 aliphatic carbocycles. The van der Waals surface area contributed by atoms with Gasteiger partial charge in [-0.15, -0.1) is 0 Å². The second kappa shape index (κ2) is 30.9. The van der Waals surface area contributed by atoms with Gasteiger partial charge in [-0.1, -0.05) is 142 Å². The number of ether oxygens (including phenoxy) is 1. The van der Waals surface area contributed by atoms with Crippen LogP contribution in [-0.2, 0) is 14.3 Å². The maximum absolute atomic E-state index is 10.7. The lowest BCUT2D eigenvalue weighted by atomic mass is 10.0. The zero-order valence-corrected chi connectivity index (χ0v) is 22.6. The van der Waals surface area contributed by atoms with Gasteiger partial charge in [0.05, 0.1) is 7.11 Å². The van der Waals surface area contributed by atoms with Crippen molar-refractivity contribution in [2.45, 2.75) is 168 Å². The third-order valence-electron chi connectivity index (χ3n) is 6.21. The fourth-order valence-electron chi connectivity index (χ4n) is 3.98. The number of aliphatic carboxylic acids is 1. The van der Waals surface area contributed by atoms with Gasteiger partial charge in [0.25, 0.3) is 0 Å². The van der Waals surface area contributed by atoms with E-state index in [-0.39, 0.29) is 5.97 Å². The minimum atomic E-state index is -0.653. The summed E-state index contributed by atoms with van der Waals surface area (Å²) in [6.07, 6.45) is 29.5. The van der Waals surface area contributed by atoms with Gasteiger partial charge in [-0.05, 0) is 12.8 Å². The molecule has 0 amide bonds. The molecule has 0 fully saturated rings. The number of hydrogen-bond acceptors (Lipinski definition) is 3. The smallest absolute Gasteiger partial charge is 0.305 e. The second-order valence-electron chi connectivity index (χ2n) is 9.54. The van der Waals surface area contributed by atoms with E-state index in [0.717, 1.165) is 19.3 Å². The third-order valence-corrected chi connectivity index (χ3v) is 6.21. The summed E-state index contributed by atoms with van der Waals surface area (Å²) in [6.45, 7) is 4.49. The molecule has 0 saturated heterocycles. The number of carbonyl (C=O) groups excluding carboxylic acids is 1. The molecule has 0 aliphatic heterocycles. The van der Waals surface area contributed by atoms with Crippen LogP contribution in [0.25, 0.3) is 0 Å². The Hall–Kier alpha value is -1.06. The normalized spacial score (nSPS) is 10.5. The standard InChI is InChI=1S/C18H36O2.C11H22O2/c1-2-3-4-5-6-7-8-9-10-11-12-13-14-15-16-17-18(19)20;1-3-4-5-6-7-8-9-10-11(12)13-2/h2-17H2,1H3,(H,19,20);3-10H2,1-2H3. The van der Waals surface area contributed by atoms with Gasteiger partial charge >= 0.3 is 11.9 Å². The minimum Gasteiger partial charge on any atom is -0.481 e. The highest BCUT2D eigenvalue weighted by Gasteiger charge is 1.99. The highest BCUT2D eigenvalue weighted by molar-refractivity contribution is 5.69. The SMILES string of the molecule is CCCCCCCCCC(=O)OC.CCCCCCCCCCCCCCCCCC(=O)O. The van der Waals surface area contributed by atoms with Crippen molar-refractivity contribution in [1.29, 1.82) is 0 Å². The summed E-state index contributed by atoms with van der Waals surface area (Å²) in [7, 11) is 1.45. The molecular formula is C29H58O4. The van der Waals surface area contributed by atoms with E-state index in [1.54, 1.807) is 0 Å². The molecule has 0 unspecified atom stereocenters. The highest BCUT2D eigenvalue weighted by atomic mass is 16.5. The molecule has 0 atom stereocenters. The molecule has 0 rings (SSSR count). The minimum absolute atomic E-state index is 0.0754. The number of methoxy groups -OCH3 is 1. The summed E-state index contributed by atoms with van der Waals surface area (Å²) in [5.41, 5.74) is 0. The predicted molar refractivity (Wildman–Crippen MR) is 142 cm³/mol. The molecular weight excluding hydrogens is 412 g/mol. The molecule has 0 saturated carbocycles. The maximum atomic E-state index is 10.7. The van der Waals surface area contributed by atoms with Gasteiger partial charge in [-0.25, -0.2) is 0 Å². The van der Waals surface area contributed by atoms with Crippen LogP contribution in [0.5, 0.6) is 0 Å². The molecule has 198 valence electrons. The van der Waals surface area contributed by atoms with Crippen molar-refractivity contribution in [3.8, 4) is 0 Å². The van der Waals surface area contributed by atoms with Crippen LogP contribution in [0, 0.1) is 0 Å². The quantitative estimate of drug-likeness (QED) is 0.113. The van der Waals surface area contributed by atoms with Crippen molar-refractivity contribution in [1.82, 2.24) is 0 Å². The monoisotopic (exact) mass is 470 g/mol. The zero-order chi connectivity index (χ0) is 24.8. The van der Waals surface area contributed by atoms with Crippen molar-refractivity contribution in [3.63, 3.8) is 0 Å². The third kappa shape index (κ3) is 35.7. The summed E-state index contributed by atoms with van der Waals surface area (Å²) in [4.78, 5) is 21.1. The molecule has 0 aromatic rings. The zero-order valence-electron chi connectivity index (χ0n) is 22.6. The molecule has 0 aromatic heterocycles. The van der Waals surface area contributed by atoms with Crippen LogP contribution in [0.2, 0.25) is 0 Å². The van der Waals surface area contributed by atoms with Gasteiger partial charge in [0.15, 0.2) is 0 Å². The lowest BCUT2D eigenvalue weighted by molar-refractivity contribution is -0.141. The number of carboxylic acid groups (broad SMARTS) is 1. The number of hydrogen-bond donors (Lipinski definition) is 1. The summed E-state index contributed by atoms with van der Waals surface area (Å²) in [5, 5.41) is 8.52. The molecule has 4 heteroatoms. The molecule has 0 radical (unpaired) electrons. The number of carbonyl (C=O) groups is 2. The topological polar surface area (TPSA) is 63.6 Å². The molecule has 0 spiro atoms. The number of unbranched alkanes of at least 4 members (excludes halogenated alkanes) is 20. The Labute approximate surface area is 206 Å². The highest BCUT2D eigenvalue weighted by Crippen LogP contribution is 2.13. The Kier molecular flexibility index (Phi) is 32.0. The van der Waals surface area contributed by atoms with Crippen LogP contribution < -0.4 is 0 Å².